The number of hydrogen-bond donors (Lipinski definition) is 0. The molecule has 0 saturated carbocycles. The number of thiophene rings is 1. The van der Waals surface area contributed by atoms with Crippen LogP contribution in [0.15, 0.2) is 40.9 Å². The van der Waals surface area contributed by atoms with E-state index in [9.17, 15) is 0 Å². The lowest BCUT2D eigenvalue weighted by atomic mass is 10.2. The SMILES string of the molecule is Clc1ccc(C=Cc2ccccc2Br)s1. The maximum absolute atomic E-state index is 5.85. The Morgan fingerprint density at radius 3 is 2.53 bits per heavy atom. The molecule has 0 spiro atoms. The molecule has 0 radical (unpaired) electrons. The number of hydrogen-bond acceptors (Lipinski definition) is 1. The van der Waals surface area contributed by atoms with Gasteiger partial charge in [0.2, 0.25) is 0 Å². The van der Waals surface area contributed by atoms with E-state index in [0.717, 1.165) is 13.7 Å². The van der Waals surface area contributed by atoms with Crippen molar-refractivity contribution in [2.45, 2.75) is 0 Å². The van der Waals surface area contributed by atoms with Crippen molar-refractivity contribution >= 4 is 51.0 Å². The van der Waals surface area contributed by atoms with E-state index < -0.39 is 0 Å². The molecule has 0 amide bonds. The molecule has 0 aliphatic carbocycles. The van der Waals surface area contributed by atoms with E-state index in [-0.39, 0.29) is 0 Å². The predicted octanol–water partition coefficient (Wildman–Crippen LogP) is 5.33. The van der Waals surface area contributed by atoms with Gasteiger partial charge in [-0.05, 0) is 29.8 Å². The second-order valence-electron chi connectivity index (χ2n) is 3.00. The first-order valence-corrected chi connectivity index (χ1v) is 6.42. The molecule has 0 aliphatic rings. The number of halogens is 2. The summed E-state index contributed by atoms with van der Waals surface area (Å²) in [7, 11) is 0. The summed E-state index contributed by atoms with van der Waals surface area (Å²) in [4.78, 5) is 1.16. The van der Waals surface area contributed by atoms with Crippen LogP contribution in [0, 0.1) is 0 Å². The molecule has 0 atom stereocenters. The van der Waals surface area contributed by atoms with E-state index >= 15 is 0 Å². The van der Waals surface area contributed by atoms with Crippen LogP contribution in [0.4, 0.5) is 0 Å². The Labute approximate surface area is 106 Å². The first-order chi connectivity index (χ1) is 7.25. The highest BCUT2D eigenvalue weighted by Gasteiger charge is 1.95. The highest BCUT2D eigenvalue weighted by atomic mass is 79.9. The molecule has 1 aromatic carbocycles. The van der Waals surface area contributed by atoms with Crippen molar-refractivity contribution in [1.29, 1.82) is 0 Å². The van der Waals surface area contributed by atoms with E-state index in [0.29, 0.717) is 0 Å². The zero-order valence-corrected chi connectivity index (χ0v) is 10.9. The summed E-state index contributed by atoms with van der Waals surface area (Å²) in [6.45, 7) is 0. The summed E-state index contributed by atoms with van der Waals surface area (Å²) in [6, 6.07) is 12.0. The van der Waals surface area contributed by atoms with E-state index in [1.165, 1.54) is 5.56 Å². The molecule has 2 aromatic rings. The van der Waals surface area contributed by atoms with Gasteiger partial charge >= 0.3 is 0 Å². The first kappa shape index (κ1) is 10.9. The Bertz CT molecular complexity index is 488. The predicted molar refractivity (Wildman–Crippen MR) is 72.4 cm³/mol. The Morgan fingerprint density at radius 2 is 1.87 bits per heavy atom. The van der Waals surface area contributed by atoms with Crippen LogP contribution in [0.2, 0.25) is 4.34 Å². The van der Waals surface area contributed by atoms with Crippen molar-refractivity contribution in [2.75, 3.05) is 0 Å². The standard InChI is InChI=1S/C12H8BrClS/c13-11-4-2-1-3-9(11)5-6-10-7-8-12(14)15-10/h1-8H. The number of benzene rings is 1. The highest BCUT2D eigenvalue weighted by Crippen LogP contribution is 2.24. The number of rotatable bonds is 2. The lowest BCUT2D eigenvalue weighted by Crippen LogP contribution is -1.72. The van der Waals surface area contributed by atoms with Gasteiger partial charge in [-0.1, -0.05) is 51.8 Å². The summed E-state index contributed by atoms with van der Waals surface area (Å²) < 4.78 is 1.92. The Balaban J connectivity index is 2.22. The van der Waals surface area contributed by atoms with Crippen LogP contribution >= 0.6 is 38.9 Å². The minimum absolute atomic E-state index is 0.821. The van der Waals surface area contributed by atoms with Crippen molar-refractivity contribution in [3.63, 3.8) is 0 Å². The minimum Gasteiger partial charge on any atom is -0.124 e. The quantitative estimate of drug-likeness (QED) is 0.702. The average Bonchev–Trinajstić information content (AvgIpc) is 2.63. The lowest BCUT2D eigenvalue weighted by Gasteiger charge is -1.95. The highest BCUT2D eigenvalue weighted by molar-refractivity contribution is 9.10. The van der Waals surface area contributed by atoms with E-state index in [2.05, 4.69) is 34.1 Å². The van der Waals surface area contributed by atoms with Gasteiger partial charge in [-0.15, -0.1) is 11.3 Å². The van der Waals surface area contributed by atoms with Crippen molar-refractivity contribution in [2.24, 2.45) is 0 Å². The normalized spacial score (nSPS) is 11.1. The summed E-state index contributed by atoms with van der Waals surface area (Å²) in [5, 5.41) is 0. The molecule has 0 nitrogen and oxygen atoms in total. The Kier molecular flexibility index (Phi) is 3.62. The van der Waals surface area contributed by atoms with Crippen LogP contribution in [0.3, 0.4) is 0 Å². The van der Waals surface area contributed by atoms with Gasteiger partial charge in [-0.3, -0.25) is 0 Å². The largest absolute Gasteiger partial charge is 0.124 e. The summed E-state index contributed by atoms with van der Waals surface area (Å²) in [5.74, 6) is 0. The fourth-order valence-corrected chi connectivity index (χ4v) is 2.58. The van der Waals surface area contributed by atoms with Crippen LogP contribution in [0.5, 0.6) is 0 Å². The van der Waals surface area contributed by atoms with E-state index in [1.54, 1.807) is 11.3 Å². The molecule has 15 heavy (non-hydrogen) atoms. The Hall–Kier alpha value is -0.570. The van der Waals surface area contributed by atoms with Gasteiger partial charge in [-0.25, -0.2) is 0 Å². The molecule has 1 heterocycles. The third-order valence-corrected chi connectivity index (χ3v) is 3.84. The minimum atomic E-state index is 0.821. The molecular formula is C12H8BrClS. The second-order valence-corrected chi connectivity index (χ2v) is 5.60. The first-order valence-electron chi connectivity index (χ1n) is 4.43. The zero-order chi connectivity index (χ0) is 10.7. The Morgan fingerprint density at radius 1 is 1.07 bits per heavy atom. The molecule has 0 aliphatic heterocycles. The van der Waals surface area contributed by atoms with Crippen molar-refractivity contribution in [3.05, 3.63) is 55.6 Å². The van der Waals surface area contributed by atoms with Crippen LogP contribution in [-0.2, 0) is 0 Å². The van der Waals surface area contributed by atoms with Crippen LogP contribution in [-0.4, -0.2) is 0 Å². The van der Waals surface area contributed by atoms with Crippen molar-refractivity contribution in [3.8, 4) is 0 Å². The lowest BCUT2D eigenvalue weighted by molar-refractivity contribution is 1.61. The molecule has 0 N–H and O–H groups in total. The van der Waals surface area contributed by atoms with Gasteiger partial charge in [0.05, 0.1) is 4.34 Å². The average molecular weight is 300 g/mol. The van der Waals surface area contributed by atoms with Crippen LogP contribution < -0.4 is 0 Å². The van der Waals surface area contributed by atoms with Crippen LogP contribution in [0.25, 0.3) is 12.2 Å². The molecule has 2 rings (SSSR count). The fourth-order valence-electron chi connectivity index (χ4n) is 1.20. The van der Waals surface area contributed by atoms with Gasteiger partial charge in [0, 0.05) is 9.35 Å². The molecule has 1 aromatic heterocycles. The summed E-state index contributed by atoms with van der Waals surface area (Å²) in [5.41, 5.74) is 1.17. The van der Waals surface area contributed by atoms with Gasteiger partial charge in [0.15, 0.2) is 0 Å². The molecule has 0 unspecified atom stereocenters. The molecule has 0 saturated heterocycles. The third-order valence-electron chi connectivity index (χ3n) is 1.93. The third kappa shape index (κ3) is 2.94. The molecule has 0 bridgehead atoms. The topological polar surface area (TPSA) is 0 Å². The van der Waals surface area contributed by atoms with E-state index in [1.807, 2.05) is 30.3 Å². The van der Waals surface area contributed by atoms with Gasteiger partial charge in [0.1, 0.15) is 0 Å². The molecular weight excluding hydrogens is 292 g/mol. The van der Waals surface area contributed by atoms with Gasteiger partial charge in [0.25, 0.3) is 0 Å². The molecule has 0 fully saturated rings. The van der Waals surface area contributed by atoms with Crippen molar-refractivity contribution < 1.29 is 0 Å². The van der Waals surface area contributed by atoms with Crippen LogP contribution in [0.1, 0.15) is 10.4 Å². The summed E-state index contributed by atoms with van der Waals surface area (Å²) in [6.07, 6.45) is 4.14. The van der Waals surface area contributed by atoms with E-state index in [4.69, 9.17) is 11.6 Å². The molecule has 3 heteroatoms. The zero-order valence-electron chi connectivity index (χ0n) is 7.78. The monoisotopic (exact) mass is 298 g/mol. The smallest absolute Gasteiger partial charge is 0.0934 e. The van der Waals surface area contributed by atoms with Gasteiger partial charge < -0.3 is 0 Å². The maximum Gasteiger partial charge on any atom is 0.0934 e. The second kappa shape index (κ2) is 4.97. The molecule has 76 valence electrons. The van der Waals surface area contributed by atoms with Gasteiger partial charge in [-0.2, -0.15) is 0 Å². The summed E-state index contributed by atoms with van der Waals surface area (Å²) >= 11 is 10.9. The maximum atomic E-state index is 5.85. The fraction of sp³-hybridized carbons (Fsp3) is 0. The van der Waals surface area contributed by atoms with Crippen molar-refractivity contribution in [1.82, 2.24) is 0 Å².